The van der Waals surface area contributed by atoms with Gasteiger partial charge in [0.2, 0.25) is 0 Å². The van der Waals surface area contributed by atoms with Gasteiger partial charge in [-0.25, -0.2) is 0 Å². The van der Waals surface area contributed by atoms with Crippen LogP contribution in [0.2, 0.25) is 0 Å². The molecule has 4 N–H and O–H groups in total. The first-order valence-electron chi connectivity index (χ1n) is 7.93. The van der Waals surface area contributed by atoms with E-state index in [4.69, 9.17) is 10.5 Å². The summed E-state index contributed by atoms with van der Waals surface area (Å²) in [4.78, 5) is 14.7. The summed E-state index contributed by atoms with van der Waals surface area (Å²) in [7, 11) is 1.51. The van der Waals surface area contributed by atoms with Gasteiger partial charge in [-0.3, -0.25) is 4.79 Å². The van der Waals surface area contributed by atoms with Gasteiger partial charge in [0.25, 0.3) is 5.91 Å². The van der Waals surface area contributed by atoms with Crippen LogP contribution in [0.15, 0.2) is 36.4 Å². The minimum Gasteiger partial charge on any atom is -0.504 e. The van der Waals surface area contributed by atoms with Crippen molar-refractivity contribution in [3.63, 3.8) is 0 Å². The third kappa shape index (κ3) is 2.11. The van der Waals surface area contributed by atoms with Crippen LogP contribution in [0.1, 0.15) is 40.1 Å². The highest BCUT2D eigenvalue weighted by Gasteiger charge is 2.37. The van der Waals surface area contributed by atoms with Gasteiger partial charge < -0.3 is 25.8 Å². The number of rotatable bonds is 2. The molecule has 0 bridgehead atoms. The van der Waals surface area contributed by atoms with Crippen molar-refractivity contribution in [2.24, 2.45) is 5.73 Å². The maximum absolute atomic E-state index is 12.6. The Balaban J connectivity index is 1.84. The molecule has 0 saturated heterocycles. The first kappa shape index (κ1) is 14.8. The van der Waals surface area contributed by atoms with E-state index in [1.165, 1.54) is 7.11 Å². The van der Waals surface area contributed by atoms with Gasteiger partial charge in [-0.1, -0.05) is 18.2 Å². The van der Waals surface area contributed by atoms with Crippen molar-refractivity contribution in [2.75, 3.05) is 18.6 Å². The van der Waals surface area contributed by atoms with Crippen LogP contribution >= 0.6 is 0 Å². The minimum atomic E-state index is -0.312. The Kier molecular flexibility index (Phi) is 3.35. The summed E-state index contributed by atoms with van der Waals surface area (Å²) in [5.41, 5.74) is 9.67. The lowest BCUT2D eigenvalue weighted by atomic mass is 9.90. The van der Waals surface area contributed by atoms with Crippen molar-refractivity contribution in [3.8, 4) is 11.5 Å². The van der Waals surface area contributed by atoms with Crippen molar-refractivity contribution in [1.82, 2.24) is 5.32 Å². The molecule has 1 amide bonds. The number of anilines is 1. The van der Waals surface area contributed by atoms with Crippen LogP contribution in [-0.2, 0) is 0 Å². The fourth-order valence-corrected chi connectivity index (χ4v) is 3.58. The van der Waals surface area contributed by atoms with Crippen LogP contribution in [0.3, 0.4) is 0 Å². The zero-order valence-corrected chi connectivity index (χ0v) is 13.3. The largest absolute Gasteiger partial charge is 0.504 e. The van der Waals surface area contributed by atoms with Gasteiger partial charge >= 0.3 is 0 Å². The number of methoxy groups -OCH3 is 1. The molecule has 124 valence electrons. The second-order valence-electron chi connectivity index (χ2n) is 6.14. The third-order valence-electron chi connectivity index (χ3n) is 4.78. The third-order valence-corrected chi connectivity index (χ3v) is 4.78. The van der Waals surface area contributed by atoms with E-state index in [0.717, 1.165) is 29.8 Å². The first-order valence-corrected chi connectivity index (χ1v) is 7.93. The van der Waals surface area contributed by atoms with E-state index in [9.17, 15) is 9.90 Å². The second-order valence-corrected chi connectivity index (χ2v) is 6.14. The van der Waals surface area contributed by atoms with Crippen molar-refractivity contribution in [3.05, 3.63) is 53.1 Å². The summed E-state index contributed by atoms with van der Waals surface area (Å²) in [5, 5.41) is 12.9. The van der Waals surface area contributed by atoms with Gasteiger partial charge in [0.1, 0.15) is 6.17 Å². The van der Waals surface area contributed by atoms with Gasteiger partial charge in [0.05, 0.1) is 18.4 Å². The van der Waals surface area contributed by atoms with Gasteiger partial charge in [-0.2, -0.15) is 0 Å². The number of carbonyl (C=O) groups is 1. The van der Waals surface area contributed by atoms with Gasteiger partial charge in [-0.05, 0) is 35.7 Å². The average Bonchev–Trinajstić information content (AvgIpc) is 2.60. The maximum Gasteiger partial charge on any atom is 0.255 e. The highest BCUT2D eigenvalue weighted by Crippen LogP contribution is 2.42. The van der Waals surface area contributed by atoms with Crippen molar-refractivity contribution in [1.29, 1.82) is 0 Å². The van der Waals surface area contributed by atoms with Crippen LogP contribution in [-0.4, -0.2) is 24.7 Å². The van der Waals surface area contributed by atoms with E-state index in [2.05, 4.69) is 10.2 Å². The molecular formula is C18H19N3O3. The molecule has 2 atom stereocenters. The quantitative estimate of drug-likeness (QED) is 0.786. The predicted octanol–water partition coefficient (Wildman–Crippen LogP) is 2.05. The van der Waals surface area contributed by atoms with Crippen molar-refractivity contribution in [2.45, 2.75) is 18.6 Å². The Hall–Kier alpha value is -2.73. The highest BCUT2D eigenvalue weighted by molar-refractivity contribution is 6.03. The maximum atomic E-state index is 12.6. The molecule has 4 rings (SSSR count). The Morgan fingerprint density at radius 1 is 1.33 bits per heavy atom. The van der Waals surface area contributed by atoms with Crippen LogP contribution in [0, 0.1) is 0 Å². The van der Waals surface area contributed by atoms with E-state index in [0.29, 0.717) is 11.3 Å². The van der Waals surface area contributed by atoms with Gasteiger partial charge in [0, 0.05) is 12.6 Å². The summed E-state index contributed by atoms with van der Waals surface area (Å²) < 4.78 is 5.20. The number of nitrogens with two attached hydrogens (primary N) is 1. The number of ether oxygens (including phenoxy) is 1. The van der Waals surface area contributed by atoms with Gasteiger partial charge in [0.15, 0.2) is 11.5 Å². The monoisotopic (exact) mass is 325 g/mol. The topological polar surface area (TPSA) is 87.8 Å². The van der Waals surface area contributed by atoms with E-state index in [1.807, 2.05) is 18.2 Å². The normalized spacial score (nSPS) is 21.9. The number of aromatic hydroxyl groups is 1. The molecule has 0 spiro atoms. The average molecular weight is 325 g/mol. The Morgan fingerprint density at radius 2 is 2.17 bits per heavy atom. The minimum absolute atomic E-state index is 0.0582. The lowest BCUT2D eigenvalue weighted by Gasteiger charge is -2.44. The first-order chi connectivity index (χ1) is 11.6. The summed E-state index contributed by atoms with van der Waals surface area (Å²) >= 11 is 0. The van der Waals surface area contributed by atoms with Crippen LogP contribution in [0.4, 0.5) is 5.69 Å². The molecule has 0 saturated carbocycles. The molecule has 0 radical (unpaired) electrons. The molecule has 2 heterocycles. The Labute approximate surface area is 139 Å². The van der Waals surface area contributed by atoms with Crippen molar-refractivity contribution >= 4 is 11.6 Å². The van der Waals surface area contributed by atoms with E-state index < -0.39 is 0 Å². The number of hydrogen-bond acceptors (Lipinski definition) is 5. The fraction of sp³-hybridized carbons (Fsp3) is 0.278. The lowest BCUT2D eigenvalue weighted by molar-refractivity contribution is 0.0925. The highest BCUT2D eigenvalue weighted by atomic mass is 16.5. The Morgan fingerprint density at radius 3 is 2.96 bits per heavy atom. The zero-order valence-electron chi connectivity index (χ0n) is 13.3. The Bertz CT molecular complexity index is 821. The molecule has 24 heavy (non-hydrogen) atoms. The van der Waals surface area contributed by atoms with Crippen LogP contribution in [0.25, 0.3) is 0 Å². The molecule has 2 aromatic rings. The summed E-state index contributed by atoms with van der Waals surface area (Å²) in [6, 6.07) is 10.8. The summed E-state index contributed by atoms with van der Waals surface area (Å²) in [6.45, 7) is 0.749. The SMILES string of the molecule is COc1cc([C@H]2NC(=O)c3cccc4c3N2CC[C@@H]4N)ccc1O. The molecule has 0 fully saturated rings. The van der Waals surface area contributed by atoms with E-state index >= 15 is 0 Å². The second kappa shape index (κ2) is 5.42. The molecule has 0 unspecified atom stereocenters. The fourth-order valence-electron chi connectivity index (χ4n) is 3.58. The molecule has 6 heteroatoms. The van der Waals surface area contributed by atoms with Gasteiger partial charge in [-0.15, -0.1) is 0 Å². The summed E-state index contributed by atoms with van der Waals surface area (Å²) in [6.07, 6.45) is 0.506. The van der Waals surface area contributed by atoms with E-state index in [-0.39, 0.29) is 23.9 Å². The molecule has 2 aromatic carbocycles. The van der Waals surface area contributed by atoms with Crippen molar-refractivity contribution < 1.29 is 14.6 Å². The number of nitrogens with zero attached hydrogens (tertiary/aromatic N) is 1. The number of nitrogens with one attached hydrogen (secondary N) is 1. The molecular weight excluding hydrogens is 306 g/mol. The molecule has 0 aromatic heterocycles. The number of benzene rings is 2. The van der Waals surface area contributed by atoms with Crippen LogP contribution in [0.5, 0.6) is 11.5 Å². The zero-order chi connectivity index (χ0) is 16.8. The number of hydrogen-bond donors (Lipinski definition) is 3. The predicted molar refractivity (Wildman–Crippen MR) is 90.2 cm³/mol. The number of phenolic OH excluding ortho intramolecular Hbond substituents is 1. The smallest absolute Gasteiger partial charge is 0.255 e. The molecule has 6 nitrogen and oxygen atoms in total. The number of para-hydroxylation sites is 1. The number of amides is 1. The lowest BCUT2D eigenvalue weighted by Crippen LogP contribution is -2.49. The molecule has 0 aliphatic carbocycles. The number of phenols is 1. The molecule has 2 aliphatic heterocycles. The number of carbonyl (C=O) groups excluding carboxylic acids is 1. The summed E-state index contributed by atoms with van der Waals surface area (Å²) in [5.74, 6) is 0.342. The standard InChI is InChI=1S/C18H19N3O3/c1-24-15-9-10(5-6-14(15)22)17-20-18(23)12-4-2-3-11-13(19)7-8-21(17)16(11)12/h2-6,9,13,17,22H,7-8,19H2,1H3,(H,20,23)/t13-,17-/m0/s1. The molecule has 2 aliphatic rings. The van der Waals surface area contributed by atoms with Crippen LogP contribution < -0.4 is 20.7 Å². The van der Waals surface area contributed by atoms with E-state index in [1.54, 1.807) is 18.2 Å².